The number of carbonyl (C=O) groups excluding carboxylic acids is 1. The number of hydrogen-bond donors (Lipinski definition) is 1. The van der Waals surface area contributed by atoms with Gasteiger partial charge in [0.1, 0.15) is 6.07 Å². The zero-order valence-electron chi connectivity index (χ0n) is 15.6. The van der Waals surface area contributed by atoms with E-state index in [4.69, 9.17) is 10.5 Å². The van der Waals surface area contributed by atoms with Crippen molar-refractivity contribution in [2.75, 3.05) is 24.6 Å². The van der Waals surface area contributed by atoms with Gasteiger partial charge in [-0.05, 0) is 55.5 Å². The van der Waals surface area contributed by atoms with Crippen LogP contribution in [0.4, 0.5) is 5.69 Å². The summed E-state index contributed by atoms with van der Waals surface area (Å²) in [6.07, 6.45) is 2.43. The molecule has 0 radical (unpaired) electrons. The van der Waals surface area contributed by atoms with Crippen LogP contribution in [0.25, 0.3) is 0 Å². The molecular weight excluding hydrogens is 338 g/mol. The number of nitriles is 1. The van der Waals surface area contributed by atoms with Gasteiger partial charge >= 0.3 is 5.97 Å². The van der Waals surface area contributed by atoms with Crippen LogP contribution in [0.15, 0.2) is 42.5 Å². The zero-order valence-corrected chi connectivity index (χ0v) is 15.6. The molecule has 27 heavy (non-hydrogen) atoms. The first kappa shape index (κ1) is 18.9. The van der Waals surface area contributed by atoms with E-state index in [-0.39, 0.29) is 12.0 Å². The molecule has 0 spiro atoms. The minimum Gasteiger partial charge on any atom is -0.462 e. The lowest BCUT2D eigenvalue weighted by molar-refractivity contribution is 0.0502. The summed E-state index contributed by atoms with van der Waals surface area (Å²) in [5.41, 5.74) is 10.5. The summed E-state index contributed by atoms with van der Waals surface area (Å²) in [5.74, 6) is -0.296. The van der Waals surface area contributed by atoms with Crippen molar-refractivity contribution < 1.29 is 9.53 Å². The van der Waals surface area contributed by atoms with Crippen molar-refractivity contribution in [3.05, 3.63) is 64.7 Å². The van der Waals surface area contributed by atoms with Crippen molar-refractivity contribution in [2.45, 2.75) is 32.2 Å². The van der Waals surface area contributed by atoms with Gasteiger partial charge in [-0.2, -0.15) is 5.26 Å². The van der Waals surface area contributed by atoms with Crippen LogP contribution < -0.4 is 10.6 Å². The molecule has 0 amide bonds. The molecule has 3 rings (SSSR count). The van der Waals surface area contributed by atoms with E-state index in [1.54, 1.807) is 12.1 Å². The van der Waals surface area contributed by atoms with Crippen molar-refractivity contribution >= 4 is 11.7 Å². The summed E-state index contributed by atoms with van der Waals surface area (Å²) < 4.78 is 5.35. The molecule has 2 N–H and O–H groups in total. The van der Waals surface area contributed by atoms with Crippen LogP contribution in [0.1, 0.15) is 40.4 Å². The molecule has 1 atom stereocenters. The lowest BCUT2D eigenvalue weighted by atomic mass is 9.99. The van der Waals surface area contributed by atoms with Gasteiger partial charge in [-0.3, -0.25) is 0 Å². The van der Waals surface area contributed by atoms with Gasteiger partial charge in [-0.15, -0.1) is 0 Å². The van der Waals surface area contributed by atoms with Crippen LogP contribution in [0.2, 0.25) is 0 Å². The third kappa shape index (κ3) is 4.66. The van der Waals surface area contributed by atoms with Gasteiger partial charge in [0, 0.05) is 19.1 Å². The Hall–Kier alpha value is -2.84. The van der Waals surface area contributed by atoms with E-state index < -0.39 is 0 Å². The molecule has 0 bridgehead atoms. The minimum atomic E-state index is -0.296. The van der Waals surface area contributed by atoms with Gasteiger partial charge in [0.15, 0.2) is 0 Å². The molecule has 0 aliphatic carbocycles. The van der Waals surface area contributed by atoms with E-state index in [9.17, 15) is 10.1 Å². The third-order valence-electron chi connectivity index (χ3n) is 4.71. The predicted molar refractivity (Wildman–Crippen MR) is 106 cm³/mol. The van der Waals surface area contributed by atoms with E-state index in [1.165, 1.54) is 5.56 Å². The average Bonchev–Trinajstić information content (AvgIpc) is 3.07. The largest absolute Gasteiger partial charge is 0.462 e. The summed E-state index contributed by atoms with van der Waals surface area (Å²) in [6, 6.07) is 15.5. The molecule has 2 aromatic rings. The fourth-order valence-corrected chi connectivity index (χ4v) is 3.57. The first-order chi connectivity index (χ1) is 13.1. The lowest BCUT2D eigenvalue weighted by Crippen LogP contribution is -2.24. The summed E-state index contributed by atoms with van der Waals surface area (Å²) in [5, 5.41) is 9.57. The number of ether oxygens (including phenoxy) is 1. The summed E-state index contributed by atoms with van der Waals surface area (Å²) in [7, 11) is 0. The number of nitrogens with two attached hydrogens (primary N) is 1. The number of hydrogen-bond acceptors (Lipinski definition) is 5. The average molecular weight is 363 g/mol. The second-order valence-corrected chi connectivity index (χ2v) is 7.04. The summed E-state index contributed by atoms with van der Waals surface area (Å²) >= 11 is 0. The second-order valence-electron chi connectivity index (χ2n) is 7.04. The molecule has 2 aromatic carbocycles. The Balaban J connectivity index is 1.58. The quantitative estimate of drug-likeness (QED) is 0.604. The molecular formula is C22H25N3O2. The maximum atomic E-state index is 12.0. The van der Waals surface area contributed by atoms with Crippen LogP contribution in [0.5, 0.6) is 0 Å². The Morgan fingerprint density at radius 2 is 2.11 bits per heavy atom. The van der Waals surface area contributed by atoms with Crippen LogP contribution in [0.3, 0.4) is 0 Å². The standard InChI is InChI=1S/C22H25N3O2/c1-16(24)12-17-13-19-8-10-25(21(19)20(14-17)15-23)9-5-11-27-22(26)18-6-3-2-4-7-18/h2-4,6-7,13-14,16H,5,8-12,24H2,1H3. The highest BCUT2D eigenvalue weighted by Crippen LogP contribution is 2.33. The van der Waals surface area contributed by atoms with Crippen LogP contribution >= 0.6 is 0 Å². The van der Waals surface area contributed by atoms with E-state index in [0.29, 0.717) is 17.7 Å². The Kier molecular flexibility index (Phi) is 6.10. The molecule has 1 aliphatic rings. The van der Waals surface area contributed by atoms with Gasteiger partial charge in [-0.25, -0.2) is 4.79 Å². The Morgan fingerprint density at radius 1 is 1.33 bits per heavy atom. The van der Waals surface area contributed by atoms with Gasteiger partial charge in [0.25, 0.3) is 0 Å². The molecule has 1 aliphatic heterocycles. The van der Waals surface area contributed by atoms with Gasteiger partial charge in [-0.1, -0.05) is 24.3 Å². The predicted octanol–water partition coefficient (Wildman–Crippen LogP) is 3.06. The number of esters is 1. The first-order valence-corrected chi connectivity index (χ1v) is 9.37. The van der Waals surface area contributed by atoms with Crippen molar-refractivity contribution in [2.24, 2.45) is 5.73 Å². The number of nitrogens with zero attached hydrogens (tertiary/aromatic N) is 2. The van der Waals surface area contributed by atoms with Crippen molar-refractivity contribution in [3.63, 3.8) is 0 Å². The molecule has 0 aromatic heterocycles. The molecule has 0 fully saturated rings. The zero-order chi connectivity index (χ0) is 19.2. The van der Waals surface area contributed by atoms with E-state index in [1.807, 2.05) is 31.2 Å². The number of anilines is 1. The van der Waals surface area contributed by atoms with Crippen molar-refractivity contribution in [1.82, 2.24) is 0 Å². The fourth-order valence-electron chi connectivity index (χ4n) is 3.57. The summed E-state index contributed by atoms with van der Waals surface area (Å²) in [4.78, 5) is 14.2. The number of fused-ring (bicyclic) bond motifs is 1. The number of benzene rings is 2. The SMILES string of the molecule is CC(N)Cc1cc(C#N)c2c(c1)CCN2CCCOC(=O)c1ccccc1. The lowest BCUT2D eigenvalue weighted by Gasteiger charge is -2.21. The first-order valence-electron chi connectivity index (χ1n) is 9.37. The minimum absolute atomic E-state index is 0.0754. The highest BCUT2D eigenvalue weighted by molar-refractivity contribution is 5.89. The van der Waals surface area contributed by atoms with Gasteiger partial charge in [0.05, 0.1) is 23.4 Å². The van der Waals surface area contributed by atoms with E-state index >= 15 is 0 Å². The number of carbonyl (C=O) groups is 1. The van der Waals surface area contributed by atoms with Crippen molar-refractivity contribution in [1.29, 1.82) is 5.26 Å². The Morgan fingerprint density at radius 3 is 2.81 bits per heavy atom. The number of rotatable bonds is 7. The third-order valence-corrected chi connectivity index (χ3v) is 4.71. The molecule has 0 saturated heterocycles. The van der Waals surface area contributed by atoms with Crippen LogP contribution in [-0.4, -0.2) is 31.7 Å². The van der Waals surface area contributed by atoms with Crippen molar-refractivity contribution in [3.8, 4) is 6.07 Å². The maximum absolute atomic E-state index is 12.0. The van der Waals surface area contributed by atoms with E-state index in [0.717, 1.165) is 43.6 Å². The smallest absolute Gasteiger partial charge is 0.338 e. The Bertz CT molecular complexity index is 841. The Labute approximate surface area is 160 Å². The monoisotopic (exact) mass is 363 g/mol. The van der Waals surface area contributed by atoms with E-state index in [2.05, 4.69) is 17.0 Å². The molecule has 1 heterocycles. The summed E-state index contributed by atoms with van der Waals surface area (Å²) in [6.45, 7) is 3.99. The van der Waals surface area contributed by atoms with Crippen LogP contribution in [0, 0.1) is 11.3 Å². The molecule has 5 heteroatoms. The van der Waals surface area contributed by atoms with Crippen LogP contribution in [-0.2, 0) is 17.6 Å². The topological polar surface area (TPSA) is 79.3 Å². The second kappa shape index (κ2) is 8.70. The normalized spacial score (nSPS) is 13.7. The van der Waals surface area contributed by atoms with Gasteiger partial charge in [0.2, 0.25) is 0 Å². The molecule has 1 unspecified atom stereocenters. The van der Waals surface area contributed by atoms with Gasteiger partial charge < -0.3 is 15.4 Å². The molecule has 5 nitrogen and oxygen atoms in total. The highest BCUT2D eigenvalue weighted by Gasteiger charge is 2.23. The fraction of sp³-hybridized carbons (Fsp3) is 0.364. The maximum Gasteiger partial charge on any atom is 0.338 e. The highest BCUT2D eigenvalue weighted by atomic mass is 16.5. The molecule has 0 saturated carbocycles. The molecule has 140 valence electrons.